The lowest BCUT2D eigenvalue weighted by molar-refractivity contribution is -0.164. The lowest BCUT2D eigenvalue weighted by atomic mass is 9.72. The van der Waals surface area contributed by atoms with E-state index < -0.39 is 11.8 Å². The largest absolute Gasteiger partial charge is 0.490 e. The van der Waals surface area contributed by atoms with Crippen LogP contribution in [-0.4, -0.2) is 38.4 Å². The fourth-order valence-electron chi connectivity index (χ4n) is 5.69. The molecule has 0 saturated heterocycles. The zero-order valence-corrected chi connectivity index (χ0v) is 25.3. The molecule has 4 unspecified atom stereocenters. The van der Waals surface area contributed by atoms with Gasteiger partial charge in [-0.25, -0.2) is 0 Å². The monoisotopic (exact) mass is 566 g/mol. The van der Waals surface area contributed by atoms with Crippen LogP contribution in [0, 0.1) is 29.6 Å². The Bertz CT molecular complexity index is 992. The Morgan fingerprint density at radius 2 is 1.22 bits per heavy atom. The fraction of sp³-hybridized carbons (Fsp3) is 0.600. The summed E-state index contributed by atoms with van der Waals surface area (Å²) in [6.45, 7) is 7.76. The second kappa shape index (κ2) is 18.4. The standard InChI is InChI=1S/C35H50O6/c1-27(2)12-10-13-28(3)14-11-15-29-20-21-32(34(36)40-24-22-38-30-16-6-4-7-17-30)33(26-29)35(37)41-25-23-39-31-18-8-5-9-19-31/h4-9,16-19,27-29,32-33H,10-15,20-26H2,1-3H3. The lowest BCUT2D eigenvalue weighted by Crippen LogP contribution is -2.38. The van der Waals surface area contributed by atoms with E-state index >= 15 is 0 Å². The summed E-state index contributed by atoms with van der Waals surface area (Å²) in [5, 5.41) is 0. The molecule has 0 heterocycles. The molecule has 3 rings (SSSR count). The molecule has 226 valence electrons. The number of para-hydroxylation sites is 2. The molecular weight excluding hydrogens is 516 g/mol. The Labute approximate surface area is 247 Å². The molecule has 2 aromatic rings. The first kappa shape index (κ1) is 32.5. The molecule has 1 saturated carbocycles. The molecule has 0 radical (unpaired) electrons. The van der Waals surface area contributed by atoms with E-state index in [1.54, 1.807) is 0 Å². The maximum atomic E-state index is 13.2. The highest BCUT2D eigenvalue weighted by molar-refractivity contribution is 5.82. The van der Waals surface area contributed by atoms with Crippen molar-refractivity contribution in [3.8, 4) is 11.5 Å². The first-order valence-corrected chi connectivity index (χ1v) is 15.6. The van der Waals surface area contributed by atoms with Crippen molar-refractivity contribution in [3.05, 3.63) is 60.7 Å². The van der Waals surface area contributed by atoms with Crippen molar-refractivity contribution in [1.29, 1.82) is 0 Å². The first-order valence-electron chi connectivity index (χ1n) is 15.6. The van der Waals surface area contributed by atoms with Crippen LogP contribution in [0.1, 0.15) is 78.6 Å². The SMILES string of the molecule is CC(C)CCCC(C)CCCC1CCC(C(=O)OCCOc2ccccc2)C(C(=O)OCCOc2ccccc2)C1. The maximum Gasteiger partial charge on any atom is 0.309 e. The second-order valence-corrected chi connectivity index (χ2v) is 11.9. The molecule has 0 bridgehead atoms. The van der Waals surface area contributed by atoms with Crippen molar-refractivity contribution in [2.24, 2.45) is 29.6 Å². The number of carbonyl (C=O) groups excluding carboxylic acids is 2. The molecule has 2 aromatic carbocycles. The topological polar surface area (TPSA) is 71.1 Å². The van der Waals surface area contributed by atoms with Crippen molar-refractivity contribution in [1.82, 2.24) is 0 Å². The third-order valence-corrected chi connectivity index (χ3v) is 8.03. The van der Waals surface area contributed by atoms with Crippen LogP contribution in [0.2, 0.25) is 0 Å². The lowest BCUT2D eigenvalue weighted by Gasteiger charge is -2.33. The van der Waals surface area contributed by atoms with E-state index in [1.165, 1.54) is 25.7 Å². The van der Waals surface area contributed by atoms with E-state index in [-0.39, 0.29) is 38.4 Å². The minimum atomic E-state index is -0.489. The number of benzene rings is 2. The summed E-state index contributed by atoms with van der Waals surface area (Å²) in [6, 6.07) is 18.9. The van der Waals surface area contributed by atoms with Crippen molar-refractivity contribution in [2.75, 3.05) is 26.4 Å². The third-order valence-electron chi connectivity index (χ3n) is 8.03. The quantitative estimate of drug-likeness (QED) is 0.135. The van der Waals surface area contributed by atoms with Crippen molar-refractivity contribution in [3.63, 3.8) is 0 Å². The first-order chi connectivity index (χ1) is 19.9. The summed E-state index contributed by atoms with van der Waals surface area (Å²) < 4.78 is 22.5. The van der Waals surface area contributed by atoms with Crippen LogP contribution in [0.25, 0.3) is 0 Å². The smallest absolute Gasteiger partial charge is 0.309 e. The summed E-state index contributed by atoms with van der Waals surface area (Å²) >= 11 is 0. The Morgan fingerprint density at radius 1 is 0.683 bits per heavy atom. The molecule has 1 aliphatic carbocycles. The summed E-state index contributed by atoms with van der Waals surface area (Å²) in [4.78, 5) is 26.3. The zero-order chi connectivity index (χ0) is 29.3. The van der Waals surface area contributed by atoms with E-state index in [0.29, 0.717) is 18.8 Å². The van der Waals surface area contributed by atoms with Crippen molar-refractivity contribution in [2.45, 2.75) is 78.6 Å². The van der Waals surface area contributed by atoms with Gasteiger partial charge in [-0.2, -0.15) is 0 Å². The number of carbonyl (C=O) groups is 2. The Morgan fingerprint density at radius 3 is 1.78 bits per heavy atom. The molecule has 6 nitrogen and oxygen atoms in total. The molecule has 0 aromatic heterocycles. The Hall–Kier alpha value is -3.02. The highest BCUT2D eigenvalue weighted by Gasteiger charge is 2.41. The van der Waals surface area contributed by atoms with E-state index in [2.05, 4.69) is 20.8 Å². The van der Waals surface area contributed by atoms with Gasteiger partial charge in [0.15, 0.2) is 0 Å². The predicted molar refractivity (Wildman–Crippen MR) is 162 cm³/mol. The van der Waals surface area contributed by atoms with Crippen molar-refractivity contribution >= 4 is 11.9 Å². The van der Waals surface area contributed by atoms with E-state index in [1.807, 2.05) is 60.7 Å². The summed E-state index contributed by atoms with van der Waals surface area (Å²) in [6.07, 6.45) is 9.58. The molecular formula is C35H50O6. The highest BCUT2D eigenvalue weighted by Crippen LogP contribution is 2.38. The van der Waals surface area contributed by atoms with E-state index in [0.717, 1.165) is 42.6 Å². The van der Waals surface area contributed by atoms with Crippen LogP contribution >= 0.6 is 0 Å². The number of ether oxygens (including phenoxy) is 4. The number of esters is 2. The second-order valence-electron chi connectivity index (χ2n) is 11.9. The van der Waals surface area contributed by atoms with E-state index in [4.69, 9.17) is 18.9 Å². The Balaban J connectivity index is 1.47. The molecule has 0 aliphatic heterocycles. The van der Waals surface area contributed by atoms with Crippen LogP contribution in [0.4, 0.5) is 0 Å². The van der Waals surface area contributed by atoms with Gasteiger partial charge in [-0.3, -0.25) is 9.59 Å². The van der Waals surface area contributed by atoms with Gasteiger partial charge in [0.25, 0.3) is 0 Å². The van der Waals surface area contributed by atoms with Gasteiger partial charge in [-0.1, -0.05) is 95.7 Å². The number of hydrogen-bond donors (Lipinski definition) is 0. The fourth-order valence-corrected chi connectivity index (χ4v) is 5.69. The van der Waals surface area contributed by atoms with Gasteiger partial charge in [0.1, 0.15) is 37.9 Å². The van der Waals surface area contributed by atoms with Gasteiger partial charge < -0.3 is 18.9 Å². The van der Waals surface area contributed by atoms with Gasteiger partial charge in [0.05, 0.1) is 11.8 Å². The van der Waals surface area contributed by atoms with Gasteiger partial charge in [-0.15, -0.1) is 0 Å². The molecule has 0 N–H and O–H groups in total. The van der Waals surface area contributed by atoms with Crippen LogP contribution in [0.5, 0.6) is 11.5 Å². The van der Waals surface area contributed by atoms with Gasteiger partial charge in [0.2, 0.25) is 0 Å². The number of rotatable bonds is 18. The normalized spacial score (nSPS) is 19.4. The average Bonchev–Trinajstić information content (AvgIpc) is 2.98. The van der Waals surface area contributed by atoms with Crippen molar-refractivity contribution < 1.29 is 28.5 Å². The molecule has 0 amide bonds. The minimum absolute atomic E-state index is 0.148. The molecule has 4 atom stereocenters. The van der Waals surface area contributed by atoms with Gasteiger partial charge in [0, 0.05) is 0 Å². The molecule has 0 spiro atoms. The van der Waals surface area contributed by atoms with Gasteiger partial charge >= 0.3 is 11.9 Å². The molecule has 1 fully saturated rings. The van der Waals surface area contributed by atoms with E-state index in [9.17, 15) is 9.59 Å². The average molecular weight is 567 g/mol. The van der Waals surface area contributed by atoms with Crippen LogP contribution in [0.3, 0.4) is 0 Å². The van der Waals surface area contributed by atoms with Crippen LogP contribution < -0.4 is 9.47 Å². The van der Waals surface area contributed by atoms with Crippen LogP contribution in [0.15, 0.2) is 60.7 Å². The number of hydrogen-bond acceptors (Lipinski definition) is 6. The summed E-state index contributed by atoms with van der Waals surface area (Å²) in [5.41, 5.74) is 0. The Kier molecular flexibility index (Phi) is 14.6. The molecule has 41 heavy (non-hydrogen) atoms. The summed E-state index contributed by atoms with van der Waals surface area (Å²) in [5.74, 6) is 1.75. The summed E-state index contributed by atoms with van der Waals surface area (Å²) in [7, 11) is 0. The maximum absolute atomic E-state index is 13.2. The van der Waals surface area contributed by atoms with Crippen LogP contribution in [-0.2, 0) is 19.1 Å². The molecule has 1 aliphatic rings. The molecule has 6 heteroatoms. The third kappa shape index (κ3) is 12.6. The highest BCUT2D eigenvalue weighted by atomic mass is 16.6. The van der Waals surface area contributed by atoms with Gasteiger partial charge in [-0.05, 0) is 61.3 Å². The predicted octanol–water partition coefficient (Wildman–Crippen LogP) is 7.90. The minimum Gasteiger partial charge on any atom is -0.490 e. The zero-order valence-electron chi connectivity index (χ0n) is 25.3.